The molecule has 0 atom stereocenters. The largest absolute Gasteiger partial charge is 0.367 e. The molecule has 0 saturated carbocycles. The fraction of sp³-hybridized carbons (Fsp3) is 0.235. The lowest BCUT2D eigenvalue weighted by Gasteiger charge is -2.25. The zero-order valence-electron chi connectivity index (χ0n) is 11.5. The summed E-state index contributed by atoms with van der Waals surface area (Å²) in [7, 11) is 0. The van der Waals surface area contributed by atoms with Crippen LogP contribution < -0.4 is 4.90 Å². The van der Waals surface area contributed by atoms with Crippen LogP contribution in [0.4, 0.5) is 10.1 Å². The molecule has 0 fully saturated rings. The fourth-order valence-corrected chi connectivity index (χ4v) is 3.10. The van der Waals surface area contributed by atoms with E-state index in [2.05, 4.69) is 20.8 Å². The van der Waals surface area contributed by atoms with E-state index in [4.69, 9.17) is 0 Å². The van der Waals surface area contributed by atoms with Gasteiger partial charge in [-0.25, -0.2) is 4.39 Å². The summed E-state index contributed by atoms with van der Waals surface area (Å²) in [5.74, 6) is -0.0712. The number of benzene rings is 2. The molecule has 1 aliphatic rings. The molecule has 0 N–H and O–H groups in total. The SMILES string of the molecule is O=C1CCCN(Cc2cccc(F)c2Br)c2ccccc21. The lowest BCUT2D eigenvalue weighted by Crippen LogP contribution is -2.23. The number of carbonyl (C=O) groups is 1. The third-order valence-electron chi connectivity index (χ3n) is 3.77. The first-order chi connectivity index (χ1) is 10.2. The van der Waals surface area contributed by atoms with Crippen molar-refractivity contribution in [3.8, 4) is 0 Å². The van der Waals surface area contributed by atoms with Gasteiger partial charge >= 0.3 is 0 Å². The summed E-state index contributed by atoms with van der Waals surface area (Å²) in [6.07, 6.45) is 1.39. The van der Waals surface area contributed by atoms with E-state index < -0.39 is 0 Å². The van der Waals surface area contributed by atoms with E-state index >= 15 is 0 Å². The lowest BCUT2D eigenvalue weighted by atomic mass is 10.1. The molecule has 0 aliphatic carbocycles. The van der Waals surface area contributed by atoms with Crippen molar-refractivity contribution >= 4 is 27.4 Å². The number of Topliss-reactive ketones (excluding diaryl/α,β-unsaturated/α-hetero) is 1. The van der Waals surface area contributed by atoms with Crippen molar-refractivity contribution in [2.75, 3.05) is 11.4 Å². The highest BCUT2D eigenvalue weighted by atomic mass is 79.9. The van der Waals surface area contributed by atoms with E-state index in [0.29, 0.717) is 17.4 Å². The summed E-state index contributed by atoms with van der Waals surface area (Å²) in [6, 6.07) is 12.7. The minimum Gasteiger partial charge on any atom is -0.367 e. The van der Waals surface area contributed by atoms with E-state index in [1.165, 1.54) is 6.07 Å². The molecule has 0 amide bonds. The van der Waals surface area contributed by atoms with Crippen molar-refractivity contribution in [3.05, 3.63) is 63.9 Å². The van der Waals surface area contributed by atoms with Gasteiger partial charge in [0.05, 0.1) is 4.47 Å². The maximum absolute atomic E-state index is 13.7. The maximum atomic E-state index is 13.7. The third-order valence-corrected chi connectivity index (χ3v) is 4.66. The molecule has 2 aromatic carbocycles. The van der Waals surface area contributed by atoms with Gasteiger partial charge in [-0.15, -0.1) is 0 Å². The molecule has 1 heterocycles. The minimum atomic E-state index is -0.258. The van der Waals surface area contributed by atoms with Crippen LogP contribution in [0.25, 0.3) is 0 Å². The standard InChI is InChI=1S/C17H15BrFNO/c18-17-12(5-3-7-14(17)19)11-20-10-4-9-16(21)13-6-1-2-8-15(13)20/h1-3,5-8H,4,9-11H2. The third kappa shape index (κ3) is 2.86. The Morgan fingerprint density at radius 2 is 1.95 bits per heavy atom. The fourth-order valence-electron chi connectivity index (χ4n) is 2.71. The van der Waals surface area contributed by atoms with Crippen molar-refractivity contribution in [3.63, 3.8) is 0 Å². The Morgan fingerprint density at radius 3 is 2.81 bits per heavy atom. The number of ketones is 1. The Labute approximate surface area is 131 Å². The van der Waals surface area contributed by atoms with Gasteiger partial charge in [-0.05, 0) is 46.1 Å². The van der Waals surface area contributed by atoms with Crippen molar-refractivity contribution in [1.82, 2.24) is 0 Å². The Bertz CT molecular complexity index is 686. The number of rotatable bonds is 2. The normalized spacial score (nSPS) is 14.8. The van der Waals surface area contributed by atoms with Crippen molar-refractivity contribution in [1.29, 1.82) is 0 Å². The van der Waals surface area contributed by atoms with Gasteiger partial charge in [0, 0.05) is 30.8 Å². The van der Waals surface area contributed by atoms with E-state index in [-0.39, 0.29) is 11.6 Å². The number of hydrogen-bond acceptors (Lipinski definition) is 2. The van der Waals surface area contributed by atoms with Gasteiger partial charge in [0.2, 0.25) is 0 Å². The Hall–Kier alpha value is -1.68. The number of para-hydroxylation sites is 1. The van der Waals surface area contributed by atoms with Crippen molar-refractivity contribution < 1.29 is 9.18 Å². The number of hydrogen-bond donors (Lipinski definition) is 0. The van der Waals surface area contributed by atoms with Crippen LogP contribution in [0, 0.1) is 5.82 Å². The molecule has 2 nitrogen and oxygen atoms in total. The Balaban J connectivity index is 1.97. The van der Waals surface area contributed by atoms with Gasteiger partial charge in [0.25, 0.3) is 0 Å². The van der Waals surface area contributed by atoms with Crippen LogP contribution in [-0.2, 0) is 6.54 Å². The van der Waals surface area contributed by atoms with Crippen LogP contribution >= 0.6 is 15.9 Å². The highest BCUT2D eigenvalue weighted by Crippen LogP contribution is 2.29. The van der Waals surface area contributed by atoms with Gasteiger partial charge in [0.1, 0.15) is 5.82 Å². The molecule has 0 unspecified atom stereocenters. The van der Waals surface area contributed by atoms with Crippen LogP contribution in [0.15, 0.2) is 46.9 Å². The molecule has 0 bridgehead atoms. The number of halogens is 2. The quantitative estimate of drug-likeness (QED) is 0.792. The summed E-state index contributed by atoms with van der Waals surface area (Å²) in [5, 5.41) is 0. The van der Waals surface area contributed by atoms with E-state index in [1.54, 1.807) is 6.07 Å². The predicted octanol–water partition coefficient (Wildman–Crippen LogP) is 4.57. The van der Waals surface area contributed by atoms with Crippen molar-refractivity contribution in [2.45, 2.75) is 19.4 Å². The zero-order valence-corrected chi connectivity index (χ0v) is 13.1. The number of carbonyl (C=O) groups excluding carboxylic acids is 1. The van der Waals surface area contributed by atoms with Crippen LogP contribution in [0.2, 0.25) is 0 Å². The average Bonchev–Trinajstić information content (AvgIpc) is 2.65. The van der Waals surface area contributed by atoms with E-state index in [1.807, 2.05) is 30.3 Å². The molecule has 21 heavy (non-hydrogen) atoms. The summed E-state index contributed by atoms with van der Waals surface area (Å²) in [6.45, 7) is 1.38. The highest BCUT2D eigenvalue weighted by Gasteiger charge is 2.21. The first-order valence-corrected chi connectivity index (χ1v) is 7.76. The number of anilines is 1. The maximum Gasteiger partial charge on any atom is 0.165 e. The number of nitrogens with zero attached hydrogens (tertiary/aromatic N) is 1. The smallest absolute Gasteiger partial charge is 0.165 e. The second kappa shape index (κ2) is 5.98. The Morgan fingerprint density at radius 1 is 1.14 bits per heavy atom. The molecule has 2 aromatic rings. The first kappa shape index (κ1) is 14.3. The van der Waals surface area contributed by atoms with Crippen LogP contribution in [0.5, 0.6) is 0 Å². The molecule has 0 saturated heterocycles. The molecule has 1 aliphatic heterocycles. The molecule has 0 radical (unpaired) electrons. The molecule has 0 spiro atoms. The second-order valence-electron chi connectivity index (χ2n) is 5.18. The zero-order chi connectivity index (χ0) is 14.8. The lowest BCUT2D eigenvalue weighted by molar-refractivity contribution is 0.0984. The molecule has 3 rings (SSSR count). The monoisotopic (exact) mass is 347 g/mol. The topological polar surface area (TPSA) is 20.3 Å². The summed E-state index contributed by atoms with van der Waals surface area (Å²) >= 11 is 3.31. The van der Waals surface area contributed by atoms with Gasteiger partial charge in [-0.2, -0.15) is 0 Å². The van der Waals surface area contributed by atoms with Crippen LogP contribution in [0.1, 0.15) is 28.8 Å². The van der Waals surface area contributed by atoms with Crippen molar-refractivity contribution in [2.24, 2.45) is 0 Å². The van der Waals surface area contributed by atoms with E-state index in [9.17, 15) is 9.18 Å². The van der Waals surface area contributed by atoms with E-state index in [0.717, 1.165) is 29.8 Å². The van der Waals surface area contributed by atoms with Crippen LogP contribution in [0.3, 0.4) is 0 Å². The van der Waals surface area contributed by atoms with Gasteiger partial charge in [-0.1, -0.05) is 24.3 Å². The molecular weight excluding hydrogens is 333 g/mol. The van der Waals surface area contributed by atoms with Crippen LogP contribution in [-0.4, -0.2) is 12.3 Å². The first-order valence-electron chi connectivity index (χ1n) is 6.97. The highest BCUT2D eigenvalue weighted by molar-refractivity contribution is 9.10. The molecule has 4 heteroatoms. The predicted molar refractivity (Wildman–Crippen MR) is 85.2 cm³/mol. The van der Waals surface area contributed by atoms with Gasteiger partial charge in [0.15, 0.2) is 5.78 Å². The molecule has 0 aromatic heterocycles. The second-order valence-corrected chi connectivity index (χ2v) is 5.97. The Kier molecular flexibility index (Phi) is 4.06. The summed E-state index contributed by atoms with van der Waals surface area (Å²) < 4.78 is 14.2. The minimum absolute atomic E-state index is 0.186. The molecular formula is C17H15BrFNO. The molecule has 108 valence electrons. The summed E-state index contributed by atoms with van der Waals surface area (Å²) in [4.78, 5) is 14.3. The van der Waals surface area contributed by atoms with Gasteiger partial charge < -0.3 is 4.90 Å². The number of fused-ring (bicyclic) bond motifs is 1. The van der Waals surface area contributed by atoms with Gasteiger partial charge in [-0.3, -0.25) is 4.79 Å². The summed E-state index contributed by atoms with van der Waals surface area (Å²) in [5.41, 5.74) is 2.60. The average molecular weight is 348 g/mol.